The molecule has 144 valence electrons. The molecule has 0 saturated carbocycles. The topological polar surface area (TPSA) is 118 Å². The molecule has 8 nitrogen and oxygen atoms in total. The highest BCUT2D eigenvalue weighted by molar-refractivity contribution is 7.89. The van der Waals surface area contributed by atoms with E-state index in [-0.39, 0.29) is 16.0 Å². The fraction of sp³-hybridized carbons (Fsp3) is 0.188. The average Bonchev–Trinajstić information content (AvgIpc) is 2.56. The van der Waals surface area contributed by atoms with Crippen LogP contribution in [0.4, 0.5) is 11.4 Å². The number of nitro groups is 1. The van der Waals surface area contributed by atoms with Crippen molar-refractivity contribution in [3.05, 3.63) is 62.1 Å². The van der Waals surface area contributed by atoms with Gasteiger partial charge in [0.1, 0.15) is 4.90 Å². The quantitative estimate of drug-likeness (QED) is 0.530. The molecule has 11 heteroatoms. The lowest BCUT2D eigenvalue weighted by atomic mass is 10.1. The van der Waals surface area contributed by atoms with Gasteiger partial charge in [0.25, 0.3) is 5.69 Å². The van der Waals surface area contributed by atoms with Gasteiger partial charge in [-0.1, -0.05) is 35.3 Å². The third-order valence-corrected chi connectivity index (χ3v) is 6.00. The second-order valence-corrected chi connectivity index (χ2v) is 8.11. The Balaban J connectivity index is 2.36. The molecule has 0 heterocycles. The normalized spacial score (nSPS) is 12.4. The van der Waals surface area contributed by atoms with Crippen LogP contribution in [-0.2, 0) is 14.8 Å². The standard InChI is InChI=1S/C16H15Cl2N3O5S/c1-9(11-4-3-5-12(6-11)19-10(2)22)20-27(25,26)15-8-13(21(23)24)7-14(17)16(15)18/h3-9,20H,1-2H3,(H,19,22)/t9-/m0/s1. The highest BCUT2D eigenvalue weighted by atomic mass is 35.5. The number of nitrogens with one attached hydrogen (secondary N) is 2. The first-order valence-electron chi connectivity index (χ1n) is 7.54. The monoisotopic (exact) mass is 431 g/mol. The lowest BCUT2D eigenvalue weighted by Gasteiger charge is -2.16. The molecule has 0 unspecified atom stereocenters. The maximum atomic E-state index is 12.7. The van der Waals surface area contributed by atoms with Gasteiger partial charge in [-0.3, -0.25) is 14.9 Å². The highest BCUT2D eigenvalue weighted by Crippen LogP contribution is 2.34. The lowest BCUT2D eigenvalue weighted by molar-refractivity contribution is -0.385. The number of rotatable bonds is 6. The molecule has 0 fully saturated rings. The van der Waals surface area contributed by atoms with E-state index >= 15 is 0 Å². The molecule has 0 radical (unpaired) electrons. The number of benzene rings is 2. The van der Waals surface area contributed by atoms with E-state index in [2.05, 4.69) is 10.0 Å². The molecule has 0 spiro atoms. The van der Waals surface area contributed by atoms with Crippen LogP contribution in [0.15, 0.2) is 41.3 Å². The van der Waals surface area contributed by atoms with Gasteiger partial charge >= 0.3 is 0 Å². The Morgan fingerprint density at radius 2 is 1.89 bits per heavy atom. The number of halogens is 2. The van der Waals surface area contributed by atoms with Crippen LogP contribution >= 0.6 is 23.2 Å². The van der Waals surface area contributed by atoms with Crippen molar-refractivity contribution in [3.8, 4) is 0 Å². The molecule has 2 N–H and O–H groups in total. The van der Waals surface area contributed by atoms with Gasteiger partial charge in [-0.05, 0) is 24.6 Å². The van der Waals surface area contributed by atoms with Crippen LogP contribution in [0.2, 0.25) is 10.0 Å². The minimum Gasteiger partial charge on any atom is -0.326 e. The summed E-state index contributed by atoms with van der Waals surface area (Å²) < 4.78 is 27.8. The number of carbonyl (C=O) groups excluding carboxylic acids is 1. The molecule has 0 aliphatic heterocycles. The van der Waals surface area contributed by atoms with Crippen LogP contribution in [0.3, 0.4) is 0 Å². The molecular formula is C16H15Cl2N3O5S. The molecule has 0 aliphatic rings. The second-order valence-electron chi connectivity index (χ2n) is 5.65. The van der Waals surface area contributed by atoms with E-state index in [0.717, 1.165) is 12.1 Å². The predicted octanol–water partition coefficient (Wildman–Crippen LogP) is 3.90. The highest BCUT2D eigenvalue weighted by Gasteiger charge is 2.26. The molecule has 1 atom stereocenters. The first-order valence-corrected chi connectivity index (χ1v) is 9.78. The fourth-order valence-electron chi connectivity index (χ4n) is 2.30. The van der Waals surface area contributed by atoms with Crippen molar-refractivity contribution in [1.29, 1.82) is 0 Å². The number of carbonyl (C=O) groups is 1. The molecule has 2 rings (SSSR count). The first kappa shape index (κ1) is 21.1. The van der Waals surface area contributed by atoms with Gasteiger partial charge < -0.3 is 5.32 Å². The van der Waals surface area contributed by atoms with Gasteiger partial charge in [-0.2, -0.15) is 0 Å². The smallest absolute Gasteiger partial charge is 0.272 e. The Morgan fingerprint density at radius 1 is 1.22 bits per heavy atom. The molecule has 2 aromatic rings. The Hall–Kier alpha value is -2.20. The summed E-state index contributed by atoms with van der Waals surface area (Å²) in [5.74, 6) is -0.265. The lowest BCUT2D eigenvalue weighted by Crippen LogP contribution is -2.27. The van der Waals surface area contributed by atoms with Crippen molar-refractivity contribution in [2.24, 2.45) is 0 Å². The Kier molecular flexibility index (Phi) is 6.42. The zero-order valence-corrected chi connectivity index (χ0v) is 16.5. The van der Waals surface area contributed by atoms with E-state index < -0.39 is 31.6 Å². The van der Waals surface area contributed by atoms with Crippen LogP contribution < -0.4 is 10.0 Å². The number of hydrogen-bond donors (Lipinski definition) is 2. The second kappa shape index (κ2) is 8.22. The van der Waals surface area contributed by atoms with E-state index in [1.807, 2.05) is 0 Å². The largest absolute Gasteiger partial charge is 0.326 e. The average molecular weight is 432 g/mol. The summed E-state index contributed by atoms with van der Waals surface area (Å²) in [4.78, 5) is 20.9. The molecular weight excluding hydrogens is 417 g/mol. The van der Waals surface area contributed by atoms with Crippen LogP contribution in [0.1, 0.15) is 25.5 Å². The number of anilines is 1. The summed E-state index contributed by atoms with van der Waals surface area (Å²) in [6.45, 7) is 2.93. The van der Waals surface area contributed by atoms with Crippen LogP contribution in [0.5, 0.6) is 0 Å². The van der Waals surface area contributed by atoms with E-state index in [9.17, 15) is 23.3 Å². The van der Waals surface area contributed by atoms with Crippen molar-refractivity contribution in [1.82, 2.24) is 4.72 Å². The zero-order valence-electron chi connectivity index (χ0n) is 14.2. The van der Waals surface area contributed by atoms with E-state index in [4.69, 9.17) is 23.2 Å². The summed E-state index contributed by atoms with van der Waals surface area (Å²) in [5, 5.41) is 13.0. The summed E-state index contributed by atoms with van der Waals surface area (Å²) in [7, 11) is -4.21. The maximum absolute atomic E-state index is 12.7. The van der Waals surface area contributed by atoms with E-state index in [1.165, 1.54) is 6.92 Å². The summed E-state index contributed by atoms with van der Waals surface area (Å²) >= 11 is 11.8. The van der Waals surface area contributed by atoms with Crippen LogP contribution in [-0.4, -0.2) is 19.2 Å². The van der Waals surface area contributed by atoms with Crippen molar-refractivity contribution in [2.45, 2.75) is 24.8 Å². The SMILES string of the molecule is CC(=O)Nc1cccc([C@H](C)NS(=O)(=O)c2cc([N+](=O)[O-])cc(Cl)c2Cl)c1. The summed E-state index contributed by atoms with van der Waals surface area (Å²) in [5.41, 5.74) is 0.574. The summed E-state index contributed by atoms with van der Waals surface area (Å²) in [6.07, 6.45) is 0. The molecule has 0 aromatic heterocycles. The molecule has 0 saturated heterocycles. The van der Waals surface area contributed by atoms with Crippen molar-refractivity contribution >= 4 is 50.5 Å². The Morgan fingerprint density at radius 3 is 2.48 bits per heavy atom. The van der Waals surface area contributed by atoms with Gasteiger partial charge in [0.15, 0.2) is 0 Å². The minimum absolute atomic E-state index is 0.244. The van der Waals surface area contributed by atoms with E-state index in [1.54, 1.807) is 31.2 Å². The Labute approximate surface area is 165 Å². The first-order chi connectivity index (χ1) is 12.5. The third-order valence-electron chi connectivity index (χ3n) is 3.52. The molecule has 1 amide bonds. The van der Waals surface area contributed by atoms with E-state index in [0.29, 0.717) is 11.3 Å². The van der Waals surface area contributed by atoms with Gasteiger partial charge in [-0.15, -0.1) is 0 Å². The summed E-state index contributed by atoms with van der Waals surface area (Å²) in [6, 6.07) is 7.70. The molecule has 0 bridgehead atoms. The number of non-ortho nitro benzene ring substituents is 1. The maximum Gasteiger partial charge on any atom is 0.272 e. The number of nitrogens with zero attached hydrogens (tertiary/aromatic N) is 1. The zero-order chi connectivity index (χ0) is 20.4. The van der Waals surface area contributed by atoms with Crippen LogP contribution in [0, 0.1) is 10.1 Å². The molecule has 27 heavy (non-hydrogen) atoms. The van der Waals surface area contributed by atoms with Crippen molar-refractivity contribution < 1.29 is 18.1 Å². The van der Waals surface area contributed by atoms with Gasteiger partial charge in [0.2, 0.25) is 15.9 Å². The number of nitro benzene ring substituents is 1. The molecule has 2 aromatic carbocycles. The number of sulfonamides is 1. The minimum atomic E-state index is -4.21. The fourth-order valence-corrected chi connectivity index (χ4v) is 4.34. The van der Waals surface area contributed by atoms with Crippen molar-refractivity contribution in [2.75, 3.05) is 5.32 Å². The third kappa shape index (κ3) is 5.16. The Bertz CT molecular complexity index is 1010. The van der Waals surface area contributed by atoms with Gasteiger partial charge in [-0.25, -0.2) is 13.1 Å². The van der Waals surface area contributed by atoms with Gasteiger partial charge in [0.05, 0.1) is 15.0 Å². The molecule has 0 aliphatic carbocycles. The van der Waals surface area contributed by atoms with Crippen molar-refractivity contribution in [3.63, 3.8) is 0 Å². The number of hydrogen-bond acceptors (Lipinski definition) is 5. The van der Waals surface area contributed by atoms with Gasteiger partial charge in [0, 0.05) is 30.8 Å². The van der Waals surface area contributed by atoms with Crippen LogP contribution in [0.25, 0.3) is 0 Å². The predicted molar refractivity (Wildman–Crippen MR) is 103 cm³/mol. The number of amides is 1.